The Balaban J connectivity index is 0.00000208. The Hall–Kier alpha value is -0.500. The van der Waals surface area contributed by atoms with Crippen molar-refractivity contribution in [1.82, 2.24) is 10.6 Å². The summed E-state index contributed by atoms with van der Waals surface area (Å²) in [4.78, 5) is 4.34. The third-order valence-corrected chi connectivity index (χ3v) is 6.27. The minimum atomic E-state index is -0.0895. The third kappa shape index (κ3) is 4.56. The van der Waals surface area contributed by atoms with Crippen LogP contribution in [0.2, 0.25) is 0 Å². The second kappa shape index (κ2) is 8.74. The summed E-state index contributed by atoms with van der Waals surface area (Å²) in [5.74, 6) is 0.757. The van der Waals surface area contributed by atoms with Crippen molar-refractivity contribution in [3.8, 4) is 0 Å². The summed E-state index contributed by atoms with van der Waals surface area (Å²) in [6.45, 7) is 0.742. The van der Waals surface area contributed by atoms with Gasteiger partial charge in [0.25, 0.3) is 0 Å². The predicted octanol–water partition coefficient (Wildman–Crippen LogP) is 3.92. The topological polar surface area (TPSA) is 36.4 Å². The van der Waals surface area contributed by atoms with E-state index in [0.29, 0.717) is 6.04 Å². The molecule has 6 heteroatoms. The molecule has 0 heterocycles. The fourth-order valence-electron chi connectivity index (χ4n) is 3.51. The molecule has 0 aromatic heterocycles. The Morgan fingerprint density at radius 2 is 2.08 bits per heavy atom. The van der Waals surface area contributed by atoms with Gasteiger partial charge in [-0.15, -0.1) is 24.0 Å². The van der Waals surface area contributed by atoms with E-state index in [0.717, 1.165) is 36.2 Å². The number of benzene rings is 1. The molecule has 0 saturated heterocycles. The van der Waals surface area contributed by atoms with Crippen LogP contribution in [0.25, 0.3) is 0 Å². The van der Waals surface area contributed by atoms with Gasteiger partial charge < -0.3 is 10.6 Å². The van der Waals surface area contributed by atoms with Crippen LogP contribution in [0.5, 0.6) is 0 Å². The van der Waals surface area contributed by atoms with E-state index >= 15 is 0 Å². The van der Waals surface area contributed by atoms with Gasteiger partial charge in [0.05, 0.1) is 0 Å². The molecule has 2 aliphatic rings. The van der Waals surface area contributed by atoms with Gasteiger partial charge in [0, 0.05) is 30.3 Å². The number of hydrogen-bond donors (Lipinski definition) is 2. The lowest BCUT2D eigenvalue weighted by Crippen LogP contribution is -2.45. The van der Waals surface area contributed by atoms with Gasteiger partial charge in [0.2, 0.25) is 0 Å². The maximum absolute atomic E-state index is 14.1. The van der Waals surface area contributed by atoms with Crippen molar-refractivity contribution in [2.24, 2.45) is 4.99 Å². The van der Waals surface area contributed by atoms with Crippen LogP contribution in [-0.4, -0.2) is 37.1 Å². The molecule has 3 nitrogen and oxygen atoms in total. The smallest absolute Gasteiger partial charge is 0.191 e. The lowest BCUT2D eigenvalue weighted by molar-refractivity contribution is 0.553. The number of hydrogen-bond acceptors (Lipinski definition) is 2. The van der Waals surface area contributed by atoms with Gasteiger partial charge in [0.1, 0.15) is 5.82 Å². The highest BCUT2D eigenvalue weighted by Crippen LogP contribution is 2.48. The summed E-state index contributed by atoms with van der Waals surface area (Å²) in [5, 5.41) is 7.71. The van der Waals surface area contributed by atoms with Crippen LogP contribution in [0.3, 0.4) is 0 Å². The summed E-state index contributed by atoms with van der Waals surface area (Å²) in [7, 11) is 1.80. The second-order valence-electron chi connectivity index (χ2n) is 6.70. The molecule has 2 fully saturated rings. The largest absolute Gasteiger partial charge is 0.356 e. The summed E-state index contributed by atoms with van der Waals surface area (Å²) in [6, 6.07) is 7.66. The zero-order chi connectivity index (χ0) is 16.3. The van der Waals surface area contributed by atoms with Crippen LogP contribution in [0.15, 0.2) is 29.3 Å². The molecule has 2 N–H and O–H groups in total. The first-order valence-corrected chi connectivity index (χ1v) is 9.70. The Labute approximate surface area is 165 Å². The van der Waals surface area contributed by atoms with Crippen LogP contribution >= 0.6 is 35.7 Å². The molecular weight excluding hydrogens is 436 g/mol. The fraction of sp³-hybridized carbons (Fsp3) is 0.611. The summed E-state index contributed by atoms with van der Waals surface area (Å²) >= 11 is 1.96. The first-order valence-electron chi connectivity index (χ1n) is 8.42. The van der Waals surface area contributed by atoms with Crippen LogP contribution < -0.4 is 10.6 Å². The number of nitrogens with zero attached hydrogens (tertiary/aromatic N) is 1. The van der Waals surface area contributed by atoms with E-state index in [-0.39, 0.29) is 35.2 Å². The van der Waals surface area contributed by atoms with Gasteiger partial charge >= 0.3 is 0 Å². The molecule has 0 bridgehead atoms. The fourth-order valence-corrected chi connectivity index (χ4v) is 4.31. The van der Waals surface area contributed by atoms with E-state index in [9.17, 15) is 4.39 Å². The average Bonchev–Trinajstić information content (AvgIpc) is 3.22. The molecular formula is C18H27FIN3S. The van der Waals surface area contributed by atoms with Crippen LogP contribution in [0.1, 0.15) is 37.7 Å². The quantitative estimate of drug-likeness (QED) is 0.395. The minimum Gasteiger partial charge on any atom is -0.356 e. The predicted molar refractivity (Wildman–Crippen MR) is 112 cm³/mol. The number of nitrogens with one attached hydrogen (secondary N) is 2. The van der Waals surface area contributed by atoms with Crippen molar-refractivity contribution in [2.75, 3.05) is 19.8 Å². The van der Waals surface area contributed by atoms with Crippen molar-refractivity contribution >= 4 is 41.7 Å². The molecule has 1 aromatic rings. The van der Waals surface area contributed by atoms with Crippen molar-refractivity contribution in [2.45, 2.75) is 48.8 Å². The van der Waals surface area contributed by atoms with Crippen LogP contribution in [0.4, 0.5) is 4.39 Å². The molecule has 24 heavy (non-hydrogen) atoms. The maximum Gasteiger partial charge on any atom is 0.191 e. The normalized spacial score (nSPS) is 25.0. The van der Waals surface area contributed by atoms with Gasteiger partial charge in [-0.2, -0.15) is 11.8 Å². The highest BCUT2D eigenvalue weighted by molar-refractivity contribution is 14.0. The van der Waals surface area contributed by atoms with Gasteiger partial charge in [-0.05, 0) is 50.0 Å². The molecule has 2 saturated carbocycles. The molecule has 2 aliphatic carbocycles. The van der Waals surface area contributed by atoms with Crippen molar-refractivity contribution < 1.29 is 4.39 Å². The number of halogens is 2. The Morgan fingerprint density at radius 1 is 1.33 bits per heavy atom. The standard InChI is InChI=1S/C18H26FN3S.HI/c1-20-17(22-13-7-8-14(11-13)23-2)21-12-18(9-10-18)15-5-3-4-6-16(15)19;/h3-6,13-14H,7-12H2,1-2H3,(H2,20,21,22);1H. The molecule has 2 unspecified atom stereocenters. The van der Waals surface area contributed by atoms with Crippen LogP contribution in [-0.2, 0) is 5.41 Å². The molecule has 0 aliphatic heterocycles. The number of aliphatic imine (C=N–C) groups is 1. The van der Waals surface area contributed by atoms with E-state index in [1.807, 2.05) is 23.9 Å². The zero-order valence-electron chi connectivity index (χ0n) is 14.3. The number of rotatable bonds is 5. The van der Waals surface area contributed by atoms with E-state index < -0.39 is 0 Å². The molecule has 0 radical (unpaired) electrons. The minimum absolute atomic E-state index is 0. The SMILES string of the molecule is CN=C(NCC1(c2ccccc2F)CC1)NC1CCC(SC)C1.I. The summed E-state index contributed by atoms with van der Waals surface area (Å²) in [5.41, 5.74) is 0.784. The highest BCUT2D eigenvalue weighted by atomic mass is 127. The third-order valence-electron chi connectivity index (χ3n) is 5.18. The number of guanidine groups is 1. The van der Waals surface area contributed by atoms with Gasteiger partial charge in [-0.3, -0.25) is 4.99 Å². The van der Waals surface area contributed by atoms with Gasteiger partial charge in [-0.1, -0.05) is 18.2 Å². The molecule has 134 valence electrons. The monoisotopic (exact) mass is 463 g/mol. The van der Waals surface area contributed by atoms with Crippen molar-refractivity contribution in [3.05, 3.63) is 35.6 Å². The van der Waals surface area contributed by atoms with Crippen molar-refractivity contribution in [1.29, 1.82) is 0 Å². The maximum atomic E-state index is 14.1. The molecule has 1 aromatic carbocycles. The lowest BCUT2D eigenvalue weighted by Gasteiger charge is -2.21. The average molecular weight is 463 g/mol. The summed E-state index contributed by atoms with van der Waals surface area (Å²) < 4.78 is 14.1. The molecule has 0 amide bonds. The zero-order valence-corrected chi connectivity index (χ0v) is 17.5. The van der Waals surface area contributed by atoms with E-state index in [4.69, 9.17) is 0 Å². The Morgan fingerprint density at radius 3 is 2.67 bits per heavy atom. The highest BCUT2D eigenvalue weighted by Gasteiger charge is 2.45. The van der Waals surface area contributed by atoms with Gasteiger partial charge in [0.15, 0.2) is 5.96 Å². The second-order valence-corrected chi connectivity index (χ2v) is 7.84. The number of thioether (sulfide) groups is 1. The lowest BCUT2D eigenvalue weighted by atomic mass is 9.95. The van der Waals surface area contributed by atoms with Crippen molar-refractivity contribution in [3.63, 3.8) is 0 Å². The van der Waals surface area contributed by atoms with Gasteiger partial charge in [-0.25, -0.2) is 4.39 Å². The Kier molecular flexibility index (Phi) is 7.22. The van der Waals surface area contributed by atoms with Crippen LogP contribution in [0, 0.1) is 5.82 Å². The molecule has 3 rings (SSSR count). The summed E-state index contributed by atoms with van der Waals surface area (Å²) in [6.07, 6.45) is 7.93. The Bertz CT molecular complexity index is 577. The van der Waals surface area contributed by atoms with E-state index in [1.165, 1.54) is 19.3 Å². The first kappa shape index (κ1) is 19.8. The van der Waals surface area contributed by atoms with E-state index in [2.05, 4.69) is 21.9 Å². The molecule has 0 spiro atoms. The molecule has 2 atom stereocenters. The first-order chi connectivity index (χ1) is 11.2. The van der Waals surface area contributed by atoms with E-state index in [1.54, 1.807) is 19.2 Å².